The van der Waals surface area contributed by atoms with E-state index in [9.17, 15) is 9.59 Å². The summed E-state index contributed by atoms with van der Waals surface area (Å²) in [6.07, 6.45) is 3.12. The van der Waals surface area contributed by atoms with Crippen molar-refractivity contribution >= 4 is 17.6 Å². The van der Waals surface area contributed by atoms with E-state index < -0.39 is 5.97 Å². The van der Waals surface area contributed by atoms with Crippen LogP contribution in [0.15, 0.2) is 48.8 Å². The Morgan fingerprint density at radius 3 is 2.39 bits per heavy atom. The molecule has 1 amide bonds. The number of carbonyl (C=O) groups is 2. The Balaban J connectivity index is 2.19. The summed E-state index contributed by atoms with van der Waals surface area (Å²) in [5.74, 6) is -1.42. The van der Waals surface area contributed by atoms with Crippen molar-refractivity contribution in [2.75, 3.05) is 5.32 Å². The summed E-state index contributed by atoms with van der Waals surface area (Å²) in [6, 6.07) is 9.16. The van der Waals surface area contributed by atoms with Crippen LogP contribution in [0.1, 0.15) is 20.7 Å². The average Bonchev–Trinajstić information content (AvgIpc) is 2.40. The first kappa shape index (κ1) is 11.8. The molecule has 18 heavy (non-hydrogen) atoms. The van der Waals surface area contributed by atoms with Crippen molar-refractivity contribution in [1.29, 1.82) is 0 Å². The average molecular weight is 242 g/mol. The molecular weight excluding hydrogens is 232 g/mol. The number of carboxylic acid groups (broad SMARTS) is 1. The highest BCUT2D eigenvalue weighted by Crippen LogP contribution is 2.09. The predicted octanol–water partition coefficient (Wildman–Crippen LogP) is 2.03. The van der Waals surface area contributed by atoms with E-state index in [0.717, 1.165) is 0 Å². The lowest BCUT2D eigenvalue weighted by molar-refractivity contribution is 0.0697. The summed E-state index contributed by atoms with van der Waals surface area (Å²) in [4.78, 5) is 26.5. The van der Waals surface area contributed by atoms with Crippen LogP contribution < -0.4 is 5.32 Å². The minimum absolute atomic E-state index is 0.0809. The summed E-state index contributed by atoms with van der Waals surface area (Å²) < 4.78 is 0. The first-order valence-corrected chi connectivity index (χ1v) is 5.21. The third kappa shape index (κ3) is 2.70. The van der Waals surface area contributed by atoms with E-state index >= 15 is 0 Å². The maximum absolute atomic E-state index is 11.9. The van der Waals surface area contributed by atoms with Crippen LogP contribution in [0.5, 0.6) is 0 Å². The van der Waals surface area contributed by atoms with Crippen molar-refractivity contribution in [3.63, 3.8) is 0 Å². The molecule has 0 spiro atoms. The van der Waals surface area contributed by atoms with E-state index in [4.69, 9.17) is 5.11 Å². The number of anilines is 1. The van der Waals surface area contributed by atoms with Crippen molar-refractivity contribution in [3.8, 4) is 0 Å². The maximum atomic E-state index is 11.9. The predicted molar refractivity (Wildman–Crippen MR) is 65.6 cm³/mol. The van der Waals surface area contributed by atoms with Gasteiger partial charge in [0.25, 0.3) is 5.91 Å². The number of carboxylic acids is 1. The third-order valence-electron chi connectivity index (χ3n) is 2.31. The summed E-state index contributed by atoms with van der Waals surface area (Å²) >= 11 is 0. The highest BCUT2D eigenvalue weighted by molar-refractivity contribution is 6.05. The van der Waals surface area contributed by atoms with Gasteiger partial charge in [0.15, 0.2) is 0 Å². The van der Waals surface area contributed by atoms with E-state index in [-0.39, 0.29) is 11.5 Å². The molecule has 0 aliphatic heterocycles. The van der Waals surface area contributed by atoms with Gasteiger partial charge in [-0.1, -0.05) is 6.07 Å². The van der Waals surface area contributed by atoms with Crippen LogP contribution >= 0.6 is 0 Å². The Bertz CT molecular complexity index is 582. The number of rotatable bonds is 3. The molecule has 0 aliphatic rings. The van der Waals surface area contributed by atoms with Crippen LogP contribution in [-0.4, -0.2) is 22.0 Å². The Labute approximate surface area is 103 Å². The fraction of sp³-hybridized carbons (Fsp3) is 0. The Hall–Kier alpha value is -2.69. The van der Waals surface area contributed by atoms with Gasteiger partial charge >= 0.3 is 5.97 Å². The second-order valence-electron chi connectivity index (χ2n) is 3.58. The molecule has 2 rings (SSSR count). The van der Waals surface area contributed by atoms with E-state index in [0.29, 0.717) is 11.3 Å². The number of aromatic carboxylic acids is 1. The molecule has 0 saturated carbocycles. The maximum Gasteiger partial charge on any atom is 0.335 e. The van der Waals surface area contributed by atoms with Gasteiger partial charge in [0.2, 0.25) is 0 Å². The molecule has 0 bridgehead atoms. The van der Waals surface area contributed by atoms with Gasteiger partial charge in [-0.15, -0.1) is 0 Å². The number of nitrogens with zero attached hydrogens (tertiary/aromatic N) is 1. The van der Waals surface area contributed by atoms with Gasteiger partial charge in [-0.2, -0.15) is 0 Å². The van der Waals surface area contributed by atoms with Crippen molar-refractivity contribution < 1.29 is 14.7 Å². The number of amides is 1. The van der Waals surface area contributed by atoms with E-state index in [1.807, 2.05) is 0 Å². The summed E-state index contributed by atoms with van der Waals surface area (Å²) in [7, 11) is 0. The van der Waals surface area contributed by atoms with Crippen molar-refractivity contribution in [3.05, 3.63) is 59.9 Å². The molecule has 1 aromatic heterocycles. The van der Waals surface area contributed by atoms with Gasteiger partial charge in [0, 0.05) is 23.6 Å². The van der Waals surface area contributed by atoms with E-state index in [1.54, 1.807) is 30.6 Å². The normalized spacial score (nSPS) is 9.78. The van der Waals surface area contributed by atoms with E-state index in [2.05, 4.69) is 10.3 Å². The zero-order valence-electron chi connectivity index (χ0n) is 9.33. The van der Waals surface area contributed by atoms with E-state index in [1.165, 1.54) is 18.2 Å². The lowest BCUT2D eigenvalue weighted by Crippen LogP contribution is -2.12. The highest BCUT2D eigenvalue weighted by Gasteiger charge is 2.09. The topological polar surface area (TPSA) is 79.3 Å². The molecule has 0 unspecified atom stereocenters. The molecule has 5 heteroatoms. The number of hydrogen-bond acceptors (Lipinski definition) is 3. The minimum Gasteiger partial charge on any atom is -0.478 e. The zero-order chi connectivity index (χ0) is 13.0. The Kier molecular flexibility index (Phi) is 3.33. The third-order valence-corrected chi connectivity index (χ3v) is 2.31. The Morgan fingerprint density at radius 2 is 1.72 bits per heavy atom. The minimum atomic E-state index is -1.06. The number of nitrogens with one attached hydrogen (secondary N) is 1. The van der Waals surface area contributed by atoms with Gasteiger partial charge in [-0.05, 0) is 30.3 Å². The summed E-state index contributed by atoms with van der Waals surface area (Å²) in [5.41, 5.74) is 0.986. The van der Waals surface area contributed by atoms with Crippen LogP contribution in [-0.2, 0) is 0 Å². The lowest BCUT2D eigenvalue weighted by atomic mass is 10.1. The Morgan fingerprint density at radius 1 is 1.06 bits per heavy atom. The van der Waals surface area contributed by atoms with Crippen molar-refractivity contribution in [2.24, 2.45) is 0 Å². The number of pyridine rings is 1. The monoisotopic (exact) mass is 242 g/mol. The number of aromatic nitrogens is 1. The molecule has 0 fully saturated rings. The highest BCUT2D eigenvalue weighted by atomic mass is 16.4. The molecule has 90 valence electrons. The molecule has 0 atom stereocenters. The smallest absolute Gasteiger partial charge is 0.335 e. The van der Waals surface area contributed by atoms with Gasteiger partial charge in [0.1, 0.15) is 0 Å². The first-order valence-electron chi connectivity index (χ1n) is 5.21. The molecule has 2 N–H and O–H groups in total. The molecule has 1 heterocycles. The zero-order valence-corrected chi connectivity index (χ0v) is 9.33. The second kappa shape index (κ2) is 5.09. The number of benzene rings is 1. The van der Waals surface area contributed by atoms with Gasteiger partial charge in [0.05, 0.1) is 5.56 Å². The quantitative estimate of drug-likeness (QED) is 0.863. The molecule has 2 aromatic rings. The first-order chi connectivity index (χ1) is 8.66. The molecule has 5 nitrogen and oxygen atoms in total. The van der Waals surface area contributed by atoms with Crippen LogP contribution in [0.2, 0.25) is 0 Å². The molecule has 0 radical (unpaired) electrons. The lowest BCUT2D eigenvalue weighted by Gasteiger charge is -2.05. The fourth-order valence-corrected chi connectivity index (χ4v) is 1.43. The molecule has 0 saturated heterocycles. The SMILES string of the molecule is O=C(O)c1cccc(C(=O)Nc2ccncc2)c1. The standard InChI is InChI=1S/C13H10N2O3/c16-12(15-11-4-6-14-7-5-11)9-2-1-3-10(8-9)13(17)18/h1-8H,(H,17,18)(H,14,15,16). The van der Waals surface area contributed by atoms with Crippen molar-refractivity contribution in [2.45, 2.75) is 0 Å². The van der Waals surface area contributed by atoms with Crippen LogP contribution in [0.25, 0.3) is 0 Å². The molecule has 1 aromatic carbocycles. The second-order valence-corrected chi connectivity index (χ2v) is 3.58. The van der Waals surface area contributed by atoms with Gasteiger partial charge in [-0.25, -0.2) is 4.79 Å². The van der Waals surface area contributed by atoms with Gasteiger partial charge < -0.3 is 10.4 Å². The largest absolute Gasteiger partial charge is 0.478 e. The molecule has 0 aliphatic carbocycles. The van der Waals surface area contributed by atoms with Crippen molar-refractivity contribution in [1.82, 2.24) is 4.98 Å². The molecular formula is C13H10N2O3. The number of carbonyl (C=O) groups excluding carboxylic acids is 1. The number of hydrogen-bond donors (Lipinski definition) is 2. The van der Waals surface area contributed by atoms with Crippen LogP contribution in [0, 0.1) is 0 Å². The fourth-order valence-electron chi connectivity index (χ4n) is 1.43. The van der Waals surface area contributed by atoms with Crippen LogP contribution in [0.3, 0.4) is 0 Å². The van der Waals surface area contributed by atoms with Crippen LogP contribution in [0.4, 0.5) is 5.69 Å². The summed E-state index contributed by atoms with van der Waals surface area (Å²) in [5, 5.41) is 11.5. The summed E-state index contributed by atoms with van der Waals surface area (Å²) in [6.45, 7) is 0. The van der Waals surface area contributed by atoms with Gasteiger partial charge in [-0.3, -0.25) is 9.78 Å².